The van der Waals surface area contributed by atoms with E-state index in [2.05, 4.69) is 15.4 Å². The largest absolute Gasteiger partial charge is 0.485 e. The van der Waals surface area contributed by atoms with Crippen molar-refractivity contribution < 1.29 is 22.8 Å². The number of rotatable bonds is 5. The highest BCUT2D eigenvalue weighted by atomic mass is 19.2. The summed E-state index contributed by atoms with van der Waals surface area (Å²) >= 11 is 0. The van der Waals surface area contributed by atoms with Crippen LogP contribution in [0.1, 0.15) is 40.8 Å². The molecule has 1 atom stereocenters. The highest BCUT2D eigenvalue weighted by Gasteiger charge is 2.29. The number of halogens is 2. The van der Waals surface area contributed by atoms with E-state index in [0.29, 0.717) is 18.8 Å². The number of carbonyl (C=O) groups is 1. The van der Waals surface area contributed by atoms with Gasteiger partial charge in [0.2, 0.25) is 0 Å². The van der Waals surface area contributed by atoms with Gasteiger partial charge in [-0.2, -0.15) is 0 Å². The van der Waals surface area contributed by atoms with Crippen molar-refractivity contribution in [3.8, 4) is 5.75 Å². The second-order valence-electron chi connectivity index (χ2n) is 6.93. The fraction of sp³-hybridized carbons (Fsp3) is 0.368. The van der Waals surface area contributed by atoms with Gasteiger partial charge in [-0.15, -0.1) is 10.2 Å². The Balaban J connectivity index is 1.38. The molecule has 1 aliphatic heterocycles. The van der Waals surface area contributed by atoms with Gasteiger partial charge in [0.05, 0.1) is 0 Å². The van der Waals surface area contributed by atoms with Crippen LogP contribution in [0.4, 0.5) is 8.78 Å². The van der Waals surface area contributed by atoms with Gasteiger partial charge in [0.25, 0.3) is 5.91 Å². The summed E-state index contributed by atoms with van der Waals surface area (Å²) in [6, 6.07) is 4.72. The van der Waals surface area contributed by atoms with Gasteiger partial charge >= 0.3 is 0 Å². The average Bonchev–Trinajstić information content (AvgIpc) is 3.37. The third-order valence-electron chi connectivity index (χ3n) is 4.87. The lowest BCUT2D eigenvalue weighted by Crippen LogP contribution is -2.39. The molecule has 10 heteroatoms. The van der Waals surface area contributed by atoms with E-state index in [1.807, 2.05) is 11.6 Å². The highest BCUT2D eigenvalue weighted by molar-refractivity contribution is 5.92. The third-order valence-corrected chi connectivity index (χ3v) is 4.87. The Kier molecular flexibility index (Phi) is 5.24. The Labute approximate surface area is 165 Å². The van der Waals surface area contributed by atoms with Crippen LogP contribution in [0.5, 0.6) is 5.75 Å². The number of amides is 1. The number of carbonyl (C=O) groups excluding carboxylic acids is 1. The zero-order valence-corrected chi connectivity index (χ0v) is 15.7. The SMILES string of the molecule is Cn1cnnc1C1CCCN(C(=O)c2cc(COc3ccc(F)c(F)c3)on2)C1. The lowest BCUT2D eigenvalue weighted by molar-refractivity contribution is 0.0692. The van der Waals surface area contributed by atoms with E-state index in [1.165, 1.54) is 12.1 Å². The summed E-state index contributed by atoms with van der Waals surface area (Å²) < 4.78 is 38.6. The monoisotopic (exact) mass is 403 g/mol. The fourth-order valence-corrected chi connectivity index (χ4v) is 3.40. The maximum absolute atomic E-state index is 13.2. The molecule has 1 fully saturated rings. The lowest BCUT2D eigenvalue weighted by atomic mass is 9.97. The zero-order chi connectivity index (χ0) is 20.4. The number of benzene rings is 1. The molecule has 0 N–H and O–H groups in total. The molecule has 8 nitrogen and oxygen atoms in total. The number of piperidine rings is 1. The quantitative estimate of drug-likeness (QED) is 0.651. The maximum atomic E-state index is 13.2. The summed E-state index contributed by atoms with van der Waals surface area (Å²) in [5, 5.41) is 11.9. The summed E-state index contributed by atoms with van der Waals surface area (Å²) in [6.07, 6.45) is 3.43. The number of nitrogens with zero attached hydrogens (tertiary/aromatic N) is 5. The first kappa shape index (κ1) is 19.0. The fourth-order valence-electron chi connectivity index (χ4n) is 3.40. The topological polar surface area (TPSA) is 86.3 Å². The minimum absolute atomic E-state index is 0.0626. The van der Waals surface area contributed by atoms with Gasteiger partial charge in [-0.1, -0.05) is 5.16 Å². The Morgan fingerprint density at radius 3 is 2.93 bits per heavy atom. The Hall–Kier alpha value is -3.30. The van der Waals surface area contributed by atoms with E-state index >= 15 is 0 Å². The molecule has 4 rings (SSSR count). The van der Waals surface area contributed by atoms with Crippen molar-refractivity contribution in [2.75, 3.05) is 13.1 Å². The lowest BCUT2D eigenvalue weighted by Gasteiger charge is -2.31. The van der Waals surface area contributed by atoms with Gasteiger partial charge in [-0.25, -0.2) is 8.78 Å². The van der Waals surface area contributed by atoms with Crippen molar-refractivity contribution in [3.05, 3.63) is 59.5 Å². The van der Waals surface area contributed by atoms with Crippen LogP contribution in [0.3, 0.4) is 0 Å². The molecule has 2 aromatic heterocycles. The van der Waals surface area contributed by atoms with Crippen molar-refractivity contribution >= 4 is 5.91 Å². The second-order valence-corrected chi connectivity index (χ2v) is 6.93. The van der Waals surface area contributed by atoms with Crippen LogP contribution >= 0.6 is 0 Å². The molecule has 0 saturated carbocycles. The Morgan fingerprint density at radius 1 is 1.31 bits per heavy atom. The van der Waals surface area contributed by atoms with Gasteiger partial charge in [-0.05, 0) is 25.0 Å². The van der Waals surface area contributed by atoms with Crippen LogP contribution in [0.2, 0.25) is 0 Å². The molecule has 1 unspecified atom stereocenters. The minimum atomic E-state index is -1.00. The summed E-state index contributed by atoms with van der Waals surface area (Å²) in [5.74, 6) is -0.772. The first-order valence-electron chi connectivity index (χ1n) is 9.18. The number of aromatic nitrogens is 4. The molecule has 1 aromatic carbocycles. The van der Waals surface area contributed by atoms with Crippen LogP contribution in [0, 0.1) is 11.6 Å². The van der Waals surface area contributed by atoms with Crippen molar-refractivity contribution in [3.63, 3.8) is 0 Å². The van der Waals surface area contributed by atoms with Gasteiger partial charge in [-0.3, -0.25) is 4.79 Å². The van der Waals surface area contributed by atoms with Gasteiger partial charge in [0.15, 0.2) is 23.1 Å². The number of ether oxygens (including phenoxy) is 1. The molecule has 152 valence electrons. The van der Waals surface area contributed by atoms with E-state index in [1.54, 1.807) is 11.2 Å². The molecular weight excluding hydrogens is 384 g/mol. The van der Waals surface area contributed by atoms with Crippen LogP contribution in [0.15, 0.2) is 35.1 Å². The summed E-state index contributed by atoms with van der Waals surface area (Å²) in [4.78, 5) is 14.5. The van der Waals surface area contributed by atoms with Crippen molar-refractivity contribution in [1.29, 1.82) is 0 Å². The smallest absolute Gasteiger partial charge is 0.276 e. The zero-order valence-electron chi connectivity index (χ0n) is 15.7. The first-order valence-corrected chi connectivity index (χ1v) is 9.18. The molecule has 0 bridgehead atoms. The third kappa shape index (κ3) is 4.10. The number of likely N-dealkylation sites (tertiary alicyclic amines) is 1. The van der Waals surface area contributed by atoms with Crippen LogP contribution in [-0.2, 0) is 13.7 Å². The molecule has 0 spiro atoms. The molecule has 3 aromatic rings. The van der Waals surface area contributed by atoms with Crippen molar-refractivity contribution in [2.24, 2.45) is 7.05 Å². The predicted octanol–water partition coefficient (Wildman–Crippen LogP) is 2.68. The second kappa shape index (κ2) is 7.98. The van der Waals surface area contributed by atoms with E-state index in [4.69, 9.17) is 9.26 Å². The maximum Gasteiger partial charge on any atom is 0.276 e. The predicted molar refractivity (Wildman–Crippen MR) is 96.1 cm³/mol. The van der Waals surface area contributed by atoms with Crippen LogP contribution in [0.25, 0.3) is 0 Å². The number of aryl methyl sites for hydroxylation is 1. The summed E-state index contributed by atoms with van der Waals surface area (Å²) in [6.45, 7) is 1.09. The van der Waals surface area contributed by atoms with Crippen LogP contribution < -0.4 is 4.74 Å². The molecule has 29 heavy (non-hydrogen) atoms. The van der Waals surface area contributed by atoms with E-state index in [-0.39, 0.29) is 29.9 Å². The Morgan fingerprint density at radius 2 is 2.17 bits per heavy atom. The molecular formula is C19H19F2N5O3. The first-order chi connectivity index (χ1) is 14.0. The molecule has 0 radical (unpaired) electrons. The van der Waals surface area contributed by atoms with Gasteiger partial charge < -0.3 is 18.7 Å². The standard InChI is InChI=1S/C19H19F2N5O3/c1-25-11-22-23-18(25)12-3-2-6-26(9-12)19(27)17-8-14(29-24-17)10-28-13-4-5-15(20)16(21)7-13/h4-5,7-8,11-12H,2-3,6,9-10H2,1H3. The Bertz CT molecular complexity index is 1020. The van der Waals surface area contributed by atoms with Crippen molar-refractivity contribution in [1.82, 2.24) is 24.8 Å². The summed E-state index contributed by atoms with van der Waals surface area (Å²) in [5.41, 5.74) is 0.174. The summed E-state index contributed by atoms with van der Waals surface area (Å²) in [7, 11) is 1.88. The van der Waals surface area contributed by atoms with Crippen LogP contribution in [-0.4, -0.2) is 43.8 Å². The molecule has 1 amide bonds. The van der Waals surface area contributed by atoms with Gasteiger partial charge in [0, 0.05) is 38.2 Å². The normalized spacial score (nSPS) is 16.8. The van der Waals surface area contributed by atoms with Crippen molar-refractivity contribution in [2.45, 2.75) is 25.4 Å². The number of hydrogen-bond acceptors (Lipinski definition) is 6. The molecule has 0 aliphatic carbocycles. The highest BCUT2D eigenvalue weighted by Crippen LogP contribution is 2.26. The number of hydrogen-bond donors (Lipinski definition) is 0. The molecule has 1 saturated heterocycles. The average molecular weight is 403 g/mol. The minimum Gasteiger partial charge on any atom is -0.485 e. The van der Waals surface area contributed by atoms with E-state index in [9.17, 15) is 13.6 Å². The molecule has 3 heterocycles. The van der Waals surface area contributed by atoms with Gasteiger partial charge in [0.1, 0.15) is 24.5 Å². The van der Waals surface area contributed by atoms with E-state index < -0.39 is 11.6 Å². The molecule has 1 aliphatic rings. The van der Waals surface area contributed by atoms with E-state index in [0.717, 1.165) is 30.8 Å².